The van der Waals surface area contributed by atoms with Crippen LogP contribution in [0, 0.1) is 6.92 Å². The summed E-state index contributed by atoms with van der Waals surface area (Å²) in [5, 5.41) is 12.2. The number of benzene rings is 2. The zero-order valence-electron chi connectivity index (χ0n) is 13.7. The molecule has 0 aliphatic carbocycles. The van der Waals surface area contributed by atoms with Crippen molar-refractivity contribution in [3.63, 3.8) is 0 Å². The summed E-state index contributed by atoms with van der Waals surface area (Å²) in [5.74, 6) is 0. The van der Waals surface area contributed by atoms with Gasteiger partial charge in [-0.25, -0.2) is 4.79 Å². The van der Waals surface area contributed by atoms with Crippen LogP contribution in [0.3, 0.4) is 0 Å². The molecule has 1 amide bonds. The molecule has 0 spiro atoms. The number of ether oxygens (including phenoxy) is 1. The molecule has 5 nitrogen and oxygen atoms in total. The SMILES string of the molecule is COCc1ccccc1-c1[nH]c2ccc(CNC(=O)O)cc2c1C. The van der Waals surface area contributed by atoms with Crippen molar-refractivity contribution in [1.29, 1.82) is 0 Å². The number of nitrogens with one attached hydrogen (secondary N) is 2. The molecule has 0 aliphatic rings. The maximum absolute atomic E-state index is 10.7. The molecule has 0 saturated heterocycles. The van der Waals surface area contributed by atoms with E-state index in [0.29, 0.717) is 13.2 Å². The lowest BCUT2D eigenvalue weighted by molar-refractivity contribution is 0.185. The van der Waals surface area contributed by atoms with Gasteiger partial charge in [0.05, 0.1) is 6.61 Å². The van der Waals surface area contributed by atoms with Crippen LogP contribution in [-0.4, -0.2) is 23.3 Å². The van der Waals surface area contributed by atoms with E-state index in [-0.39, 0.29) is 0 Å². The number of methoxy groups -OCH3 is 1. The zero-order valence-corrected chi connectivity index (χ0v) is 13.7. The van der Waals surface area contributed by atoms with Gasteiger partial charge in [0, 0.05) is 35.8 Å². The van der Waals surface area contributed by atoms with Gasteiger partial charge in [-0.05, 0) is 35.7 Å². The molecule has 0 radical (unpaired) electrons. The fraction of sp³-hybridized carbons (Fsp3) is 0.211. The predicted octanol–water partition coefficient (Wildman–Crippen LogP) is 4.06. The second-order valence-corrected chi connectivity index (χ2v) is 5.75. The number of carbonyl (C=O) groups is 1. The van der Waals surface area contributed by atoms with Crippen molar-refractivity contribution in [2.75, 3.05) is 7.11 Å². The van der Waals surface area contributed by atoms with E-state index in [4.69, 9.17) is 9.84 Å². The van der Waals surface area contributed by atoms with Crippen LogP contribution in [0.4, 0.5) is 4.79 Å². The molecular weight excluding hydrogens is 304 g/mol. The fourth-order valence-electron chi connectivity index (χ4n) is 2.98. The number of aryl methyl sites for hydroxylation is 1. The molecule has 0 fully saturated rings. The highest BCUT2D eigenvalue weighted by molar-refractivity contribution is 5.91. The van der Waals surface area contributed by atoms with Gasteiger partial charge >= 0.3 is 6.09 Å². The summed E-state index contributed by atoms with van der Waals surface area (Å²) in [6.07, 6.45) is -1.02. The number of fused-ring (bicyclic) bond motifs is 1. The molecular formula is C19H20N2O3. The predicted molar refractivity (Wildman–Crippen MR) is 94.0 cm³/mol. The highest BCUT2D eigenvalue weighted by Crippen LogP contribution is 2.32. The minimum atomic E-state index is -1.02. The van der Waals surface area contributed by atoms with Crippen molar-refractivity contribution in [3.8, 4) is 11.3 Å². The normalized spacial score (nSPS) is 10.9. The van der Waals surface area contributed by atoms with Crippen molar-refractivity contribution in [2.24, 2.45) is 0 Å². The average Bonchev–Trinajstić information content (AvgIpc) is 2.90. The minimum Gasteiger partial charge on any atom is -0.465 e. The van der Waals surface area contributed by atoms with Crippen molar-refractivity contribution >= 4 is 17.0 Å². The van der Waals surface area contributed by atoms with Crippen LogP contribution < -0.4 is 5.32 Å². The average molecular weight is 324 g/mol. The van der Waals surface area contributed by atoms with Gasteiger partial charge < -0.3 is 20.1 Å². The summed E-state index contributed by atoms with van der Waals surface area (Å²) in [7, 11) is 1.69. The van der Waals surface area contributed by atoms with Crippen molar-refractivity contribution in [3.05, 3.63) is 59.2 Å². The molecule has 3 rings (SSSR count). The molecule has 1 aromatic heterocycles. The topological polar surface area (TPSA) is 74.3 Å². The first-order valence-electron chi connectivity index (χ1n) is 7.75. The number of amides is 1. The fourth-order valence-corrected chi connectivity index (χ4v) is 2.98. The Labute approximate surface area is 140 Å². The van der Waals surface area contributed by atoms with E-state index in [9.17, 15) is 4.79 Å². The van der Waals surface area contributed by atoms with E-state index in [1.807, 2.05) is 30.3 Å². The summed E-state index contributed by atoms with van der Waals surface area (Å²) in [6.45, 7) is 2.93. The molecule has 0 bridgehead atoms. The standard InChI is InChI=1S/C19H20N2O3/c1-12-16-9-13(10-20-19(22)23)7-8-17(16)21-18(12)15-6-4-3-5-14(15)11-24-2/h3-9,20-21H,10-11H2,1-2H3,(H,22,23). The van der Waals surface area contributed by atoms with Crippen molar-refractivity contribution in [2.45, 2.75) is 20.1 Å². The minimum absolute atomic E-state index is 0.297. The Bertz CT molecular complexity index is 883. The van der Waals surface area contributed by atoms with Crippen molar-refractivity contribution < 1.29 is 14.6 Å². The zero-order chi connectivity index (χ0) is 17.1. The molecule has 0 saturated carbocycles. The first-order valence-corrected chi connectivity index (χ1v) is 7.75. The Morgan fingerprint density at radius 1 is 1.25 bits per heavy atom. The lowest BCUT2D eigenvalue weighted by Gasteiger charge is -2.08. The maximum Gasteiger partial charge on any atom is 0.404 e. The van der Waals surface area contributed by atoms with Crippen LogP contribution in [0.1, 0.15) is 16.7 Å². The number of hydrogen-bond donors (Lipinski definition) is 3. The Kier molecular flexibility index (Phi) is 4.53. The monoisotopic (exact) mass is 324 g/mol. The maximum atomic E-state index is 10.7. The molecule has 24 heavy (non-hydrogen) atoms. The van der Waals surface area contributed by atoms with Crippen molar-refractivity contribution in [1.82, 2.24) is 10.3 Å². The second kappa shape index (κ2) is 6.76. The van der Waals surface area contributed by atoms with E-state index in [0.717, 1.165) is 38.9 Å². The van der Waals surface area contributed by atoms with Crippen LogP contribution in [0.25, 0.3) is 22.2 Å². The van der Waals surface area contributed by atoms with E-state index in [1.165, 1.54) is 0 Å². The Balaban J connectivity index is 2.04. The number of H-pyrrole nitrogens is 1. The molecule has 5 heteroatoms. The molecule has 1 heterocycles. The second-order valence-electron chi connectivity index (χ2n) is 5.75. The first-order chi connectivity index (χ1) is 11.6. The molecule has 0 atom stereocenters. The molecule has 2 aromatic carbocycles. The van der Waals surface area contributed by atoms with Gasteiger partial charge in [-0.1, -0.05) is 30.3 Å². The van der Waals surface area contributed by atoms with Crippen LogP contribution in [-0.2, 0) is 17.9 Å². The lowest BCUT2D eigenvalue weighted by Crippen LogP contribution is -2.19. The van der Waals surface area contributed by atoms with Gasteiger partial charge in [-0.15, -0.1) is 0 Å². The highest BCUT2D eigenvalue weighted by Gasteiger charge is 2.13. The van der Waals surface area contributed by atoms with Crippen LogP contribution in [0.2, 0.25) is 0 Å². The van der Waals surface area contributed by atoms with Crippen LogP contribution >= 0.6 is 0 Å². The number of hydrogen-bond acceptors (Lipinski definition) is 2. The third-order valence-electron chi connectivity index (χ3n) is 4.15. The highest BCUT2D eigenvalue weighted by atomic mass is 16.5. The van der Waals surface area contributed by atoms with Gasteiger partial charge in [-0.2, -0.15) is 0 Å². The Hall–Kier alpha value is -2.79. The number of aromatic nitrogens is 1. The molecule has 3 aromatic rings. The summed E-state index contributed by atoms with van der Waals surface area (Å²) in [6, 6.07) is 14.1. The smallest absolute Gasteiger partial charge is 0.404 e. The van der Waals surface area contributed by atoms with Crippen LogP contribution in [0.5, 0.6) is 0 Å². The lowest BCUT2D eigenvalue weighted by atomic mass is 10.0. The number of carboxylic acid groups (broad SMARTS) is 1. The van der Waals surface area contributed by atoms with E-state index >= 15 is 0 Å². The summed E-state index contributed by atoms with van der Waals surface area (Å²) < 4.78 is 5.30. The van der Waals surface area contributed by atoms with Gasteiger partial charge in [0.25, 0.3) is 0 Å². The molecule has 0 unspecified atom stereocenters. The summed E-state index contributed by atoms with van der Waals surface area (Å²) in [4.78, 5) is 14.1. The van der Waals surface area contributed by atoms with Gasteiger partial charge in [0.15, 0.2) is 0 Å². The third kappa shape index (κ3) is 3.12. The first kappa shape index (κ1) is 16.1. The van der Waals surface area contributed by atoms with E-state index in [1.54, 1.807) is 7.11 Å². The van der Waals surface area contributed by atoms with Crippen LogP contribution in [0.15, 0.2) is 42.5 Å². The largest absolute Gasteiger partial charge is 0.465 e. The summed E-state index contributed by atoms with van der Waals surface area (Å²) in [5.41, 5.74) is 6.44. The number of aromatic amines is 1. The number of rotatable bonds is 5. The molecule has 3 N–H and O–H groups in total. The third-order valence-corrected chi connectivity index (χ3v) is 4.15. The van der Waals surface area contributed by atoms with Gasteiger partial charge in [0.2, 0.25) is 0 Å². The Morgan fingerprint density at radius 2 is 2.04 bits per heavy atom. The van der Waals surface area contributed by atoms with Gasteiger partial charge in [0.1, 0.15) is 0 Å². The molecule has 0 aliphatic heterocycles. The Morgan fingerprint density at radius 3 is 2.79 bits per heavy atom. The van der Waals surface area contributed by atoms with E-state index in [2.05, 4.69) is 29.4 Å². The molecule has 124 valence electrons. The van der Waals surface area contributed by atoms with Gasteiger partial charge in [-0.3, -0.25) is 0 Å². The summed E-state index contributed by atoms with van der Waals surface area (Å²) >= 11 is 0. The van der Waals surface area contributed by atoms with E-state index < -0.39 is 6.09 Å². The quantitative estimate of drug-likeness (QED) is 0.662.